The van der Waals surface area contributed by atoms with Crippen molar-refractivity contribution in [2.75, 3.05) is 25.6 Å². The largest absolute Gasteiger partial charge is 0.481 e. The highest BCUT2D eigenvalue weighted by Crippen LogP contribution is 2.32. The fraction of sp³-hybridized carbons (Fsp3) is 0.625. The number of aromatic nitrogens is 1. The second-order valence-corrected chi connectivity index (χ2v) is 6.17. The molecule has 0 spiro atoms. The van der Waals surface area contributed by atoms with E-state index in [0.717, 1.165) is 32.2 Å². The van der Waals surface area contributed by atoms with E-state index >= 15 is 0 Å². The molecule has 2 heterocycles. The van der Waals surface area contributed by atoms with Gasteiger partial charge in [-0.1, -0.05) is 0 Å². The van der Waals surface area contributed by atoms with Gasteiger partial charge in [0.15, 0.2) is 11.6 Å². The number of hydrogen-bond donors (Lipinski definition) is 2. The van der Waals surface area contributed by atoms with Crippen molar-refractivity contribution < 1.29 is 13.9 Å². The van der Waals surface area contributed by atoms with Gasteiger partial charge in [0.25, 0.3) is 0 Å². The third-order valence-electron chi connectivity index (χ3n) is 4.45. The lowest BCUT2D eigenvalue weighted by molar-refractivity contribution is -0.122. The molecular formula is C16H23FN4O2. The first-order valence-electron chi connectivity index (χ1n) is 8.07. The molecule has 2 N–H and O–H groups in total. The van der Waals surface area contributed by atoms with Crippen LogP contribution in [-0.4, -0.2) is 43.7 Å². The zero-order valence-corrected chi connectivity index (χ0v) is 13.6. The van der Waals surface area contributed by atoms with Gasteiger partial charge in [-0.05, 0) is 38.3 Å². The number of carbonyl (C=O) groups excluding carboxylic acids is 1. The molecule has 1 aliphatic heterocycles. The van der Waals surface area contributed by atoms with Crippen LogP contribution in [0.15, 0.2) is 6.07 Å². The average Bonchev–Trinajstić information content (AvgIpc) is 3.26. The van der Waals surface area contributed by atoms with Gasteiger partial charge in [-0.2, -0.15) is 4.98 Å². The van der Waals surface area contributed by atoms with Crippen molar-refractivity contribution in [2.45, 2.75) is 44.3 Å². The summed E-state index contributed by atoms with van der Waals surface area (Å²) in [4.78, 5) is 18.2. The third-order valence-corrected chi connectivity index (χ3v) is 4.45. The Bertz CT molecular complexity index is 586. The van der Waals surface area contributed by atoms with Crippen LogP contribution in [0.3, 0.4) is 0 Å². The summed E-state index contributed by atoms with van der Waals surface area (Å²) >= 11 is 0. The summed E-state index contributed by atoms with van der Waals surface area (Å²) in [5, 5.41) is 5.96. The maximum atomic E-state index is 14.3. The predicted molar refractivity (Wildman–Crippen MR) is 85.0 cm³/mol. The van der Waals surface area contributed by atoms with Gasteiger partial charge in [-0.15, -0.1) is 0 Å². The Morgan fingerprint density at radius 2 is 2.30 bits per heavy atom. The first-order valence-corrected chi connectivity index (χ1v) is 8.07. The molecule has 1 saturated carbocycles. The maximum absolute atomic E-state index is 14.3. The van der Waals surface area contributed by atoms with Gasteiger partial charge in [0.05, 0.1) is 13.2 Å². The molecule has 1 atom stereocenters. The van der Waals surface area contributed by atoms with E-state index in [1.807, 2.05) is 11.9 Å². The van der Waals surface area contributed by atoms with E-state index in [1.165, 1.54) is 13.2 Å². The van der Waals surface area contributed by atoms with Crippen molar-refractivity contribution in [1.82, 2.24) is 15.6 Å². The summed E-state index contributed by atoms with van der Waals surface area (Å²) in [6, 6.07) is 1.61. The fourth-order valence-corrected chi connectivity index (χ4v) is 2.90. The summed E-state index contributed by atoms with van der Waals surface area (Å²) in [5.74, 6) is 0.207. The van der Waals surface area contributed by atoms with E-state index in [9.17, 15) is 9.18 Å². The molecule has 0 radical (unpaired) electrons. The monoisotopic (exact) mass is 322 g/mol. The molecule has 6 nitrogen and oxygen atoms in total. The van der Waals surface area contributed by atoms with Crippen LogP contribution in [0.25, 0.3) is 0 Å². The summed E-state index contributed by atoms with van der Waals surface area (Å²) < 4.78 is 19.6. The average molecular weight is 322 g/mol. The van der Waals surface area contributed by atoms with Gasteiger partial charge in [0, 0.05) is 25.2 Å². The van der Waals surface area contributed by atoms with Crippen molar-refractivity contribution in [3.63, 3.8) is 0 Å². The number of carbonyl (C=O) groups is 1. The molecule has 7 heteroatoms. The summed E-state index contributed by atoms with van der Waals surface area (Å²) in [7, 11) is 3.35. The minimum Gasteiger partial charge on any atom is -0.481 e. The zero-order chi connectivity index (χ0) is 16.4. The van der Waals surface area contributed by atoms with Crippen LogP contribution < -0.4 is 20.3 Å². The van der Waals surface area contributed by atoms with E-state index in [-0.39, 0.29) is 24.3 Å². The fourth-order valence-electron chi connectivity index (χ4n) is 2.90. The number of rotatable bonds is 6. The minimum absolute atomic E-state index is 0.0656. The molecule has 2 aliphatic rings. The molecule has 1 aromatic heterocycles. The highest BCUT2D eigenvalue weighted by atomic mass is 19.1. The third kappa shape index (κ3) is 3.55. The van der Waals surface area contributed by atoms with Crippen molar-refractivity contribution in [2.24, 2.45) is 0 Å². The molecule has 1 aromatic rings. The Hall–Kier alpha value is -1.89. The number of amides is 1. The van der Waals surface area contributed by atoms with Crippen molar-refractivity contribution in [3.05, 3.63) is 17.4 Å². The summed E-state index contributed by atoms with van der Waals surface area (Å²) in [5.41, 5.74) is 0.546. The molecule has 0 unspecified atom stereocenters. The van der Waals surface area contributed by atoms with Gasteiger partial charge in [-0.3, -0.25) is 4.79 Å². The van der Waals surface area contributed by atoms with Crippen LogP contribution >= 0.6 is 0 Å². The van der Waals surface area contributed by atoms with Crippen molar-refractivity contribution in [1.29, 1.82) is 0 Å². The molecule has 3 rings (SSSR count). The predicted octanol–water partition coefficient (Wildman–Crippen LogP) is 1.20. The van der Waals surface area contributed by atoms with E-state index in [2.05, 4.69) is 15.6 Å². The number of halogens is 1. The number of nitrogens with one attached hydrogen (secondary N) is 2. The Morgan fingerprint density at radius 1 is 1.52 bits per heavy atom. The standard InChI is InChI=1S/C16H23FN4O2/c1-21(11-5-6-11)14-12(17)8-10(16(20-14)23-2)9-19-15(22)13-4-3-7-18-13/h8,11,13,18H,3-7,9H2,1-2H3,(H,19,22)/t13-/m0/s1. The Kier molecular flexibility index (Phi) is 4.66. The first kappa shape index (κ1) is 16.0. The first-order chi connectivity index (χ1) is 11.1. The minimum atomic E-state index is -0.386. The zero-order valence-electron chi connectivity index (χ0n) is 13.6. The maximum Gasteiger partial charge on any atom is 0.237 e. The van der Waals surface area contributed by atoms with Gasteiger partial charge in [0.2, 0.25) is 11.8 Å². The Labute approximate surface area is 135 Å². The Balaban J connectivity index is 1.70. The van der Waals surface area contributed by atoms with Gasteiger partial charge < -0.3 is 20.3 Å². The lowest BCUT2D eigenvalue weighted by atomic mass is 10.2. The molecule has 1 amide bonds. The number of anilines is 1. The van der Waals surface area contributed by atoms with Gasteiger partial charge >= 0.3 is 0 Å². The van der Waals surface area contributed by atoms with Crippen LogP contribution in [0, 0.1) is 5.82 Å². The van der Waals surface area contributed by atoms with E-state index in [1.54, 1.807) is 0 Å². The number of ether oxygens (including phenoxy) is 1. The molecular weight excluding hydrogens is 299 g/mol. The molecule has 1 saturated heterocycles. The number of methoxy groups -OCH3 is 1. The number of nitrogens with zero attached hydrogens (tertiary/aromatic N) is 2. The summed E-state index contributed by atoms with van der Waals surface area (Å²) in [6.07, 6.45) is 3.96. The second kappa shape index (κ2) is 6.70. The number of hydrogen-bond acceptors (Lipinski definition) is 5. The van der Waals surface area contributed by atoms with E-state index in [4.69, 9.17) is 4.74 Å². The van der Waals surface area contributed by atoms with E-state index in [0.29, 0.717) is 23.3 Å². The van der Waals surface area contributed by atoms with Crippen LogP contribution in [0.1, 0.15) is 31.2 Å². The smallest absolute Gasteiger partial charge is 0.237 e. The van der Waals surface area contributed by atoms with Gasteiger partial charge in [-0.25, -0.2) is 4.39 Å². The lowest BCUT2D eigenvalue weighted by Gasteiger charge is -2.20. The highest BCUT2D eigenvalue weighted by molar-refractivity contribution is 5.82. The molecule has 0 bridgehead atoms. The number of pyridine rings is 1. The molecule has 126 valence electrons. The van der Waals surface area contributed by atoms with Crippen molar-refractivity contribution >= 4 is 11.7 Å². The molecule has 1 aliphatic carbocycles. The van der Waals surface area contributed by atoms with Crippen LogP contribution in [-0.2, 0) is 11.3 Å². The molecule has 0 aromatic carbocycles. The SMILES string of the molecule is COc1nc(N(C)C2CC2)c(F)cc1CNC(=O)[C@@H]1CCCN1. The topological polar surface area (TPSA) is 66.5 Å². The molecule has 2 fully saturated rings. The quantitative estimate of drug-likeness (QED) is 0.824. The van der Waals surface area contributed by atoms with Crippen LogP contribution in [0.5, 0.6) is 5.88 Å². The molecule has 23 heavy (non-hydrogen) atoms. The summed E-state index contributed by atoms with van der Waals surface area (Å²) in [6.45, 7) is 1.07. The van der Waals surface area contributed by atoms with Gasteiger partial charge in [0.1, 0.15) is 0 Å². The van der Waals surface area contributed by atoms with Crippen LogP contribution in [0.4, 0.5) is 10.2 Å². The normalized spacial score (nSPS) is 20.4. The highest BCUT2D eigenvalue weighted by Gasteiger charge is 2.30. The Morgan fingerprint density at radius 3 is 2.91 bits per heavy atom. The van der Waals surface area contributed by atoms with Crippen molar-refractivity contribution in [3.8, 4) is 5.88 Å². The van der Waals surface area contributed by atoms with E-state index < -0.39 is 0 Å². The second-order valence-electron chi connectivity index (χ2n) is 6.17. The lowest BCUT2D eigenvalue weighted by Crippen LogP contribution is -2.40. The van der Waals surface area contributed by atoms with Crippen LogP contribution in [0.2, 0.25) is 0 Å².